The lowest BCUT2D eigenvalue weighted by atomic mass is 10.2. The number of fused-ring (bicyclic) bond motifs is 1. The average Bonchev–Trinajstić information content (AvgIpc) is 2.53. The van der Waals surface area contributed by atoms with Gasteiger partial charge >= 0.3 is 0 Å². The van der Waals surface area contributed by atoms with E-state index in [1.54, 1.807) is 42.5 Å². The third-order valence-electron chi connectivity index (χ3n) is 3.17. The molecule has 0 aliphatic heterocycles. The number of aromatic amines is 1. The molecule has 0 bridgehead atoms. The standard InChI is InChI=1S/C16H11N3O3/c20-16-13-3-1-2-4-14(13)17-15(18-16)10-7-11-5-8-12(9-6-11)19(21)22/h1-10H,(H,17,18,20)/b10-7+. The van der Waals surface area contributed by atoms with Crippen LogP contribution in [0.1, 0.15) is 11.4 Å². The van der Waals surface area contributed by atoms with Crippen LogP contribution in [-0.2, 0) is 0 Å². The molecule has 3 rings (SSSR count). The first-order chi connectivity index (χ1) is 10.6. The third kappa shape index (κ3) is 2.76. The summed E-state index contributed by atoms with van der Waals surface area (Å²) in [7, 11) is 0. The van der Waals surface area contributed by atoms with Crippen molar-refractivity contribution in [1.29, 1.82) is 0 Å². The Labute approximate surface area is 124 Å². The van der Waals surface area contributed by atoms with Gasteiger partial charge in [-0.15, -0.1) is 0 Å². The maximum atomic E-state index is 11.9. The van der Waals surface area contributed by atoms with Crippen LogP contribution in [0.4, 0.5) is 5.69 Å². The second-order valence-electron chi connectivity index (χ2n) is 4.65. The molecule has 0 saturated carbocycles. The van der Waals surface area contributed by atoms with E-state index in [1.807, 2.05) is 6.07 Å². The molecule has 0 radical (unpaired) electrons. The number of nitrogens with one attached hydrogen (secondary N) is 1. The van der Waals surface area contributed by atoms with Gasteiger partial charge in [0.15, 0.2) is 0 Å². The minimum Gasteiger partial charge on any atom is -0.306 e. The number of benzene rings is 2. The molecule has 0 atom stereocenters. The summed E-state index contributed by atoms with van der Waals surface area (Å²) in [5.41, 5.74) is 1.24. The largest absolute Gasteiger partial charge is 0.306 e. The minimum atomic E-state index is -0.449. The Bertz CT molecular complexity index is 927. The highest BCUT2D eigenvalue weighted by molar-refractivity contribution is 5.79. The van der Waals surface area contributed by atoms with E-state index in [4.69, 9.17) is 0 Å². The quantitative estimate of drug-likeness (QED) is 0.593. The van der Waals surface area contributed by atoms with Gasteiger partial charge in [-0.2, -0.15) is 0 Å². The predicted octanol–water partition coefficient (Wildman–Crippen LogP) is 3.00. The molecule has 108 valence electrons. The van der Waals surface area contributed by atoms with Crippen molar-refractivity contribution in [2.45, 2.75) is 0 Å². The average molecular weight is 293 g/mol. The molecule has 0 amide bonds. The lowest BCUT2D eigenvalue weighted by molar-refractivity contribution is -0.384. The van der Waals surface area contributed by atoms with Gasteiger partial charge < -0.3 is 4.98 Å². The summed E-state index contributed by atoms with van der Waals surface area (Å²) in [6.07, 6.45) is 3.39. The lowest BCUT2D eigenvalue weighted by Gasteiger charge is -1.98. The molecule has 0 aliphatic carbocycles. The van der Waals surface area contributed by atoms with Gasteiger partial charge in [0.2, 0.25) is 0 Å². The highest BCUT2D eigenvalue weighted by Crippen LogP contribution is 2.14. The number of nitrogens with zero attached hydrogens (tertiary/aromatic N) is 2. The predicted molar refractivity (Wildman–Crippen MR) is 84.4 cm³/mol. The zero-order chi connectivity index (χ0) is 15.5. The van der Waals surface area contributed by atoms with Crippen LogP contribution in [0.5, 0.6) is 0 Å². The number of H-pyrrole nitrogens is 1. The van der Waals surface area contributed by atoms with Gasteiger partial charge in [0.1, 0.15) is 5.82 Å². The summed E-state index contributed by atoms with van der Waals surface area (Å²) in [5, 5.41) is 11.1. The zero-order valence-corrected chi connectivity index (χ0v) is 11.4. The molecule has 1 N–H and O–H groups in total. The van der Waals surface area contributed by atoms with Crippen LogP contribution < -0.4 is 5.56 Å². The van der Waals surface area contributed by atoms with Crippen LogP contribution in [0.2, 0.25) is 0 Å². The molecule has 0 spiro atoms. The molecule has 6 heteroatoms. The van der Waals surface area contributed by atoms with Crippen molar-refractivity contribution in [2.24, 2.45) is 0 Å². The number of nitro groups is 1. The van der Waals surface area contributed by atoms with Crippen LogP contribution in [0.3, 0.4) is 0 Å². The van der Waals surface area contributed by atoms with Gasteiger partial charge in [-0.3, -0.25) is 14.9 Å². The highest BCUT2D eigenvalue weighted by atomic mass is 16.6. The van der Waals surface area contributed by atoms with E-state index in [1.165, 1.54) is 12.1 Å². The first-order valence-electron chi connectivity index (χ1n) is 6.55. The Morgan fingerprint density at radius 1 is 1.05 bits per heavy atom. The first kappa shape index (κ1) is 13.7. The summed E-state index contributed by atoms with van der Waals surface area (Å²) < 4.78 is 0. The van der Waals surface area contributed by atoms with Crippen LogP contribution >= 0.6 is 0 Å². The summed E-state index contributed by atoms with van der Waals surface area (Å²) >= 11 is 0. The van der Waals surface area contributed by atoms with Crippen molar-refractivity contribution >= 4 is 28.7 Å². The van der Waals surface area contributed by atoms with Crippen LogP contribution in [0.25, 0.3) is 23.1 Å². The normalized spacial score (nSPS) is 11.1. The Kier molecular flexibility index (Phi) is 3.49. The fourth-order valence-electron chi connectivity index (χ4n) is 2.07. The molecular formula is C16H11N3O3. The Morgan fingerprint density at radius 2 is 1.77 bits per heavy atom. The van der Waals surface area contributed by atoms with Gasteiger partial charge in [-0.05, 0) is 35.9 Å². The van der Waals surface area contributed by atoms with Gasteiger partial charge in [-0.1, -0.05) is 18.2 Å². The van der Waals surface area contributed by atoms with Gasteiger partial charge in [0, 0.05) is 12.1 Å². The fourth-order valence-corrected chi connectivity index (χ4v) is 2.07. The number of rotatable bonds is 3. The Morgan fingerprint density at radius 3 is 2.50 bits per heavy atom. The second-order valence-corrected chi connectivity index (χ2v) is 4.65. The molecule has 0 saturated heterocycles. The first-order valence-corrected chi connectivity index (χ1v) is 6.55. The highest BCUT2D eigenvalue weighted by Gasteiger charge is 2.03. The van der Waals surface area contributed by atoms with Gasteiger partial charge in [-0.25, -0.2) is 4.98 Å². The molecule has 2 aromatic carbocycles. The molecule has 1 heterocycles. The van der Waals surface area contributed by atoms with Crippen molar-refractivity contribution in [3.63, 3.8) is 0 Å². The van der Waals surface area contributed by atoms with Crippen LogP contribution in [0, 0.1) is 10.1 Å². The Balaban J connectivity index is 1.92. The third-order valence-corrected chi connectivity index (χ3v) is 3.17. The van der Waals surface area contributed by atoms with E-state index in [0.29, 0.717) is 16.7 Å². The number of non-ortho nitro benzene ring substituents is 1. The SMILES string of the molecule is O=c1[nH]c(/C=C/c2ccc([N+](=O)[O-])cc2)nc2ccccc12. The summed E-state index contributed by atoms with van der Waals surface area (Å²) in [5.74, 6) is 0.432. The van der Waals surface area contributed by atoms with Crippen molar-refractivity contribution in [2.75, 3.05) is 0 Å². The van der Waals surface area contributed by atoms with Crippen molar-refractivity contribution in [1.82, 2.24) is 9.97 Å². The maximum Gasteiger partial charge on any atom is 0.269 e. The fraction of sp³-hybridized carbons (Fsp3) is 0. The molecule has 1 aromatic heterocycles. The molecule has 3 aromatic rings. The van der Waals surface area contributed by atoms with Crippen LogP contribution in [0.15, 0.2) is 53.3 Å². The van der Waals surface area contributed by atoms with Gasteiger partial charge in [0.05, 0.1) is 15.8 Å². The molecular weight excluding hydrogens is 282 g/mol. The number of para-hydroxylation sites is 1. The van der Waals surface area contributed by atoms with E-state index in [9.17, 15) is 14.9 Å². The lowest BCUT2D eigenvalue weighted by Crippen LogP contribution is -2.09. The summed E-state index contributed by atoms with van der Waals surface area (Å²) in [6, 6.07) is 13.2. The molecule has 0 aliphatic rings. The number of hydrogen-bond donors (Lipinski definition) is 1. The van der Waals surface area contributed by atoms with E-state index in [2.05, 4.69) is 9.97 Å². The van der Waals surface area contributed by atoms with E-state index in [0.717, 1.165) is 5.56 Å². The maximum absolute atomic E-state index is 11.9. The van der Waals surface area contributed by atoms with Crippen molar-refractivity contribution < 1.29 is 4.92 Å². The van der Waals surface area contributed by atoms with Gasteiger partial charge in [0.25, 0.3) is 11.2 Å². The summed E-state index contributed by atoms with van der Waals surface area (Å²) in [6.45, 7) is 0. The van der Waals surface area contributed by atoms with Crippen molar-refractivity contribution in [3.8, 4) is 0 Å². The van der Waals surface area contributed by atoms with E-state index < -0.39 is 4.92 Å². The van der Waals surface area contributed by atoms with Crippen molar-refractivity contribution in [3.05, 3.63) is 80.4 Å². The molecule has 22 heavy (non-hydrogen) atoms. The van der Waals surface area contributed by atoms with E-state index >= 15 is 0 Å². The second kappa shape index (κ2) is 5.61. The topological polar surface area (TPSA) is 88.9 Å². The summed E-state index contributed by atoms with van der Waals surface area (Å²) in [4.78, 5) is 29.1. The minimum absolute atomic E-state index is 0.0365. The molecule has 0 unspecified atom stereocenters. The molecule has 6 nitrogen and oxygen atoms in total. The zero-order valence-electron chi connectivity index (χ0n) is 11.4. The monoisotopic (exact) mass is 293 g/mol. The number of aromatic nitrogens is 2. The van der Waals surface area contributed by atoms with Crippen LogP contribution in [-0.4, -0.2) is 14.9 Å². The number of hydrogen-bond acceptors (Lipinski definition) is 4. The Hall–Kier alpha value is -3.28. The van der Waals surface area contributed by atoms with E-state index in [-0.39, 0.29) is 11.2 Å². The number of nitro benzene ring substituents is 1. The smallest absolute Gasteiger partial charge is 0.269 e. The molecule has 0 fully saturated rings.